The molecule has 2 aromatic heterocycles. The third-order valence-corrected chi connectivity index (χ3v) is 4.08. The molecule has 1 saturated heterocycles. The molecule has 2 aromatic rings. The number of rotatable bonds is 4. The molecular weight excluding hydrogens is 306 g/mol. The number of nitrogen functional groups attached to an aromatic ring is 1. The third kappa shape index (κ3) is 2.49. The lowest BCUT2D eigenvalue weighted by Gasteiger charge is -2.16. The van der Waals surface area contributed by atoms with E-state index < -0.39 is 30.1 Å². The van der Waals surface area contributed by atoms with Crippen molar-refractivity contribution in [3.8, 4) is 0 Å². The van der Waals surface area contributed by atoms with Crippen LogP contribution in [0.1, 0.15) is 19.1 Å². The number of ether oxygens (including phenoxy) is 2. The molecule has 2 aliphatic rings. The summed E-state index contributed by atoms with van der Waals surface area (Å²) in [4.78, 5) is 22.1. The van der Waals surface area contributed by atoms with Crippen LogP contribution in [0.3, 0.4) is 0 Å². The number of aromatic amines is 1. The molecule has 0 aromatic carbocycles. The first-order valence-electron chi connectivity index (χ1n) is 7.40. The number of nitrogens with two attached hydrogens (primary N) is 1. The summed E-state index contributed by atoms with van der Waals surface area (Å²) in [6.45, 7) is 0.197. The summed E-state index contributed by atoms with van der Waals surface area (Å²) in [7, 11) is 0. The molecule has 4 atom stereocenters. The molecule has 10 nitrogen and oxygen atoms in total. The van der Waals surface area contributed by atoms with Crippen LogP contribution in [0.15, 0.2) is 11.1 Å². The van der Waals surface area contributed by atoms with Gasteiger partial charge in [0.15, 0.2) is 17.4 Å². The largest absolute Gasteiger partial charge is 0.387 e. The van der Waals surface area contributed by atoms with E-state index in [-0.39, 0.29) is 29.8 Å². The Morgan fingerprint density at radius 1 is 1.43 bits per heavy atom. The fraction of sp³-hybridized carbons (Fsp3) is 0.615. The number of nitrogens with zero attached hydrogens (tertiary/aromatic N) is 3. The van der Waals surface area contributed by atoms with Gasteiger partial charge in [-0.15, -0.1) is 0 Å². The Morgan fingerprint density at radius 3 is 2.96 bits per heavy atom. The summed E-state index contributed by atoms with van der Waals surface area (Å²) in [5.74, 6) is -0.0640. The minimum atomic E-state index is -1.19. The molecule has 23 heavy (non-hydrogen) atoms. The van der Waals surface area contributed by atoms with Gasteiger partial charge in [0.2, 0.25) is 5.95 Å². The summed E-state index contributed by atoms with van der Waals surface area (Å²) in [5.41, 5.74) is 5.34. The molecule has 1 aliphatic carbocycles. The van der Waals surface area contributed by atoms with Gasteiger partial charge in [0.25, 0.3) is 5.56 Å². The topological polar surface area (TPSA) is 149 Å². The molecule has 0 amide bonds. The van der Waals surface area contributed by atoms with Crippen molar-refractivity contribution in [2.45, 2.75) is 43.5 Å². The molecule has 0 bridgehead atoms. The highest BCUT2D eigenvalue weighted by molar-refractivity contribution is 5.70. The van der Waals surface area contributed by atoms with Gasteiger partial charge in [-0.2, -0.15) is 4.98 Å². The van der Waals surface area contributed by atoms with Gasteiger partial charge in [-0.3, -0.25) is 14.3 Å². The Morgan fingerprint density at radius 2 is 2.22 bits per heavy atom. The third-order valence-electron chi connectivity index (χ3n) is 4.08. The standard InChI is InChI=1S/C13H17N5O5/c14-13-16-10-7(11(21)17-13)15-4-18(10)12-9(20)8(19)6(23-12)3-22-5-1-2-5/h4-6,8-9,12,19-20H,1-3H2,(H3,14,16,17,21)/t6-,8-,9-,12-/m1/s1. The van der Waals surface area contributed by atoms with Gasteiger partial charge in [-0.1, -0.05) is 0 Å². The van der Waals surface area contributed by atoms with Gasteiger partial charge in [-0.25, -0.2) is 4.98 Å². The Labute approximate surface area is 129 Å². The second-order valence-electron chi connectivity index (χ2n) is 5.85. The minimum Gasteiger partial charge on any atom is -0.387 e. The smallest absolute Gasteiger partial charge is 0.280 e. The van der Waals surface area contributed by atoms with Crippen LogP contribution in [0.5, 0.6) is 0 Å². The fourth-order valence-corrected chi connectivity index (χ4v) is 2.69. The predicted octanol–water partition coefficient (Wildman–Crippen LogP) is -1.50. The maximum atomic E-state index is 11.8. The van der Waals surface area contributed by atoms with Crippen LogP contribution in [0, 0.1) is 0 Å². The average Bonchev–Trinajstić information content (AvgIpc) is 3.18. The highest BCUT2D eigenvalue weighted by atomic mass is 16.6. The molecule has 3 heterocycles. The minimum absolute atomic E-state index is 0.0640. The van der Waals surface area contributed by atoms with Crippen molar-refractivity contribution in [3.05, 3.63) is 16.7 Å². The second kappa shape index (κ2) is 5.27. The van der Waals surface area contributed by atoms with Gasteiger partial charge in [-0.05, 0) is 12.8 Å². The maximum Gasteiger partial charge on any atom is 0.280 e. The zero-order valence-electron chi connectivity index (χ0n) is 12.1. The van der Waals surface area contributed by atoms with Crippen LogP contribution >= 0.6 is 0 Å². The quantitative estimate of drug-likeness (QED) is 0.531. The van der Waals surface area contributed by atoms with Crippen molar-refractivity contribution in [3.63, 3.8) is 0 Å². The Hall–Kier alpha value is -2.01. The number of anilines is 1. The van der Waals surface area contributed by atoms with Crippen LogP contribution < -0.4 is 11.3 Å². The monoisotopic (exact) mass is 323 g/mol. The van der Waals surface area contributed by atoms with E-state index in [0.29, 0.717) is 0 Å². The lowest BCUT2D eigenvalue weighted by atomic mass is 10.1. The van der Waals surface area contributed by atoms with Gasteiger partial charge >= 0.3 is 0 Å². The summed E-state index contributed by atoms with van der Waals surface area (Å²) < 4.78 is 12.6. The van der Waals surface area contributed by atoms with Crippen molar-refractivity contribution in [2.75, 3.05) is 12.3 Å². The molecule has 0 unspecified atom stereocenters. The van der Waals surface area contributed by atoms with E-state index in [9.17, 15) is 15.0 Å². The zero-order chi connectivity index (χ0) is 16.1. The molecule has 0 radical (unpaired) electrons. The summed E-state index contributed by atoms with van der Waals surface area (Å²) in [5, 5.41) is 20.4. The molecule has 1 saturated carbocycles. The number of aliphatic hydroxyl groups is 2. The Balaban J connectivity index is 1.63. The fourth-order valence-electron chi connectivity index (χ4n) is 2.69. The molecular formula is C13H17N5O5. The molecule has 1 aliphatic heterocycles. The van der Waals surface area contributed by atoms with E-state index in [1.807, 2.05) is 0 Å². The van der Waals surface area contributed by atoms with Crippen molar-refractivity contribution >= 4 is 17.1 Å². The number of aromatic nitrogens is 4. The molecule has 0 spiro atoms. The number of aliphatic hydroxyl groups excluding tert-OH is 2. The molecule has 5 N–H and O–H groups in total. The van der Waals surface area contributed by atoms with Gasteiger partial charge in [0.05, 0.1) is 19.0 Å². The predicted molar refractivity (Wildman–Crippen MR) is 77.5 cm³/mol. The van der Waals surface area contributed by atoms with E-state index in [1.54, 1.807) is 0 Å². The maximum absolute atomic E-state index is 11.8. The van der Waals surface area contributed by atoms with Crippen molar-refractivity contribution < 1.29 is 19.7 Å². The van der Waals surface area contributed by atoms with Gasteiger partial charge < -0.3 is 25.4 Å². The average molecular weight is 323 g/mol. The molecule has 4 rings (SSSR count). The zero-order valence-corrected chi connectivity index (χ0v) is 12.1. The van der Waals surface area contributed by atoms with Crippen LogP contribution in [-0.4, -0.2) is 60.8 Å². The van der Waals surface area contributed by atoms with E-state index in [0.717, 1.165) is 12.8 Å². The van der Waals surface area contributed by atoms with Crippen molar-refractivity contribution in [1.29, 1.82) is 0 Å². The lowest BCUT2D eigenvalue weighted by Crippen LogP contribution is -2.34. The highest BCUT2D eigenvalue weighted by Crippen LogP contribution is 2.32. The molecule has 10 heteroatoms. The van der Waals surface area contributed by atoms with E-state index in [4.69, 9.17) is 15.2 Å². The summed E-state index contributed by atoms with van der Waals surface area (Å²) >= 11 is 0. The number of imidazole rings is 1. The van der Waals surface area contributed by atoms with Crippen LogP contribution in [0.4, 0.5) is 5.95 Å². The number of H-pyrrole nitrogens is 1. The van der Waals surface area contributed by atoms with Crippen molar-refractivity contribution in [1.82, 2.24) is 19.5 Å². The number of hydrogen-bond acceptors (Lipinski definition) is 8. The summed E-state index contributed by atoms with van der Waals surface area (Å²) in [6.07, 6.45) is -0.310. The lowest BCUT2D eigenvalue weighted by molar-refractivity contribution is -0.0682. The normalized spacial score (nSPS) is 31.0. The molecule has 124 valence electrons. The number of fused-ring (bicyclic) bond motifs is 1. The Bertz CT molecular complexity index is 785. The number of hydrogen-bond donors (Lipinski definition) is 4. The Kier molecular flexibility index (Phi) is 3.34. The van der Waals surface area contributed by atoms with Crippen molar-refractivity contribution in [2.24, 2.45) is 0 Å². The van der Waals surface area contributed by atoms with Crippen LogP contribution in [0.25, 0.3) is 11.2 Å². The van der Waals surface area contributed by atoms with Crippen LogP contribution in [-0.2, 0) is 9.47 Å². The summed E-state index contributed by atoms with van der Waals surface area (Å²) in [6, 6.07) is 0. The van der Waals surface area contributed by atoms with E-state index >= 15 is 0 Å². The SMILES string of the molecule is Nc1nc2c(ncn2[C@@H]2O[C@H](COC3CC3)[C@@H](O)[C@H]2O)c(=O)[nH]1. The van der Waals surface area contributed by atoms with E-state index in [2.05, 4.69) is 15.0 Å². The highest BCUT2D eigenvalue weighted by Gasteiger charge is 2.45. The van der Waals surface area contributed by atoms with Gasteiger partial charge in [0, 0.05) is 0 Å². The second-order valence-corrected chi connectivity index (χ2v) is 5.85. The van der Waals surface area contributed by atoms with E-state index in [1.165, 1.54) is 10.9 Å². The molecule has 2 fully saturated rings. The van der Waals surface area contributed by atoms with Gasteiger partial charge in [0.1, 0.15) is 18.3 Å². The number of nitrogens with one attached hydrogen (secondary N) is 1. The first-order valence-corrected chi connectivity index (χ1v) is 7.40. The van der Waals surface area contributed by atoms with Crippen LogP contribution in [0.2, 0.25) is 0 Å². The first-order chi connectivity index (χ1) is 11.0. The first kappa shape index (κ1) is 14.6.